The van der Waals surface area contributed by atoms with Gasteiger partial charge in [0.25, 0.3) is 0 Å². The first kappa shape index (κ1) is 49.6. The minimum absolute atomic E-state index is 0.0258. The molecular formula is C26H40Cl2N7O17P3S2. The zero-order valence-electron chi connectivity index (χ0n) is 29.7. The number of nitrogen functional groups attached to an aromatic ring is 1. The summed E-state index contributed by atoms with van der Waals surface area (Å²) in [5.74, 6) is -0.756. The smallest absolute Gasteiger partial charge is 0.386 e. The fourth-order valence-electron chi connectivity index (χ4n) is 4.63. The molecule has 1 fully saturated rings. The van der Waals surface area contributed by atoms with Crippen LogP contribution in [0, 0.1) is 5.41 Å². The lowest BCUT2D eigenvalue weighted by atomic mass is 9.87. The Kier molecular flexibility index (Phi) is 18.8. The third-order valence-corrected chi connectivity index (χ3v) is 13.1. The number of aromatic nitrogens is 4. The van der Waals surface area contributed by atoms with E-state index in [4.69, 9.17) is 42.7 Å². The molecule has 1 saturated heterocycles. The lowest BCUT2D eigenvalue weighted by Gasteiger charge is -2.30. The minimum atomic E-state index is -5.58. The number of anilines is 1. The van der Waals surface area contributed by atoms with Gasteiger partial charge in [0.1, 0.15) is 36.3 Å². The van der Waals surface area contributed by atoms with Crippen molar-refractivity contribution >= 4 is 104 Å². The molecule has 10 N–H and O–H groups in total. The van der Waals surface area contributed by atoms with Gasteiger partial charge in [0, 0.05) is 48.4 Å². The molecular weight excluding hydrogens is 910 g/mol. The average Bonchev–Trinajstić information content (AvgIpc) is 3.68. The summed E-state index contributed by atoms with van der Waals surface area (Å²) in [5.41, 5.74) is 5.43. The molecule has 3 rings (SSSR count). The van der Waals surface area contributed by atoms with E-state index in [9.17, 15) is 57.9 Å². The highest BCUT2D eigenvalue weighted by molar-refractivity contribution is 8.13. The van der Waals surface area contributed by atoms with Crippen LogP contribution in [0.5, 0.6) is 0 Å². The van der Waals surface area contributed by atoms with E-state index in [1.165, 1.54) is 31.1 Å². The van der Waals surface area contributed by atoms with Gasteiger partial charge < -0.3 is 50.9 Å². The van der Waals surface area contributed by atoms with E-state index < -0.39 is 84.6 Å². The normalized spacial score (nSPS) is 21.8. The molecule has 0 radical (unpaired) electrons. The third-order valence-electron chi connectivity index (χ3n) is 7.40. The molecule has 2 aromatic heterocycles. The molecule has 2 aromatic rings. The van der Waals surface area contributed by atoms with Crippen LogP contribution in [0.3, 0.4) is 0 Å². The van der Waals surface area contributed by atoms with E-state index in [0.717, 1.165) is 29.0 Å². The number of carbonyl (C=O) groups is 3. The number of amides is 2. The largest absolute Gasteiger partial charge is 0.481 e. The molecule has 1 aliphatic rings. The number of ether oxygens (including phenoxy) is 1. The molecule has 0 saturated carbocycles. The Morgan fingerprint density at radius 3 is 2.40 bits per heavy atom. The van der Waals surface area contributed by atoms with Crippen LogP contribution in [-0.4, -0.2) is 128 Å². The monoisotopic (exact) mass is 949 g/mol. The molecule has 1 aliphatic heterocycles. The van der Waals surface area contributed by atoms with Crippen LogP contribution in [0.15, 0.2) is 22.6 Å². The number of hydrogen-bond donors (Lipinski definition) is 9. The highest BCUT2D eigenvalue weighted by Crippen LogP contribution is 2.61. The van der Waals surface area contributed by atoms with E-state index >= 15 is 0 Å². The van der Waals surface area contributed by atoms with E-state index in [1.807, 2.05) is 0 Å². The third kappa shape index (κ3) is 16.0. The number of rotatable bonds is 23. The SMILES string of the molecule is CC(C)(COP(=O)(O)OP(=O)(O)OC[C@H]1O[C@@H](n2cnc3c(N)ncnc32)[C@H](O)[C@@H]1OP(=O)(O)O)[C@@H](O)C(=O)NCCC(=O)NCCSC(=O)CCS/C(Cl)=C/Cl. The molecule has 31 heteroatoms. The summed E-state index contributed by atoms with van der Waals surface area (Å²) in [6, 6.07) is 0. The molecule has 7 atom stereocenters. The second-order valence-corrected chi connectivity index (χ2v) is 19.7. The summed E-state index contributed by atoms with van der Waals surface area (Å²) in [6.07, 6.45) is -6.74. The standard InChI is InChI=1S/C26H40Cl2N7O17P3S2/c1-26(2,21(39)24(40)31-5-3-16(36)30-6-8-57-17(37)4-7-56-15(28)9-27)11-49-55(46,47)52-54(44,45)48-10-14-20(51-53(41,42)43)19(38)25(50-14)35-13-34-18-22(29)32-12-33-23(18)35/h9,12-14,19-21,25,38-39H,3-8,10-11H2,1-2H3,(H,30,36)(H,31,40)(H,44,45)(H,46,47)(H2,29,32,33)(H2,41,42,43)/b15-9+/t14-,19-,20-,21+,25-/m1/s1. The van der Waals surface area contributed by atoms with Gasteiger partial charge in [-0.25, -0.2) is 28.6 Å². The van der Waals surface area contributed by atoms with E-state index in [1.54, 1.807) is 0 Å². The Bertz CT molecular complexity index is 1910. The fourth-order valence-corrected chi connectivity index (χ4v) is 9.23. The van der Waals surface area contributed by atoms with Crippen molar-refractivity contribution in [2.75, 3.05) is 43.5 Å². The maximum atomic E-state index is 12.7. The van der Waals surface area contributed by atoms with E-state index in [-0.39, 0.29) is 48.0 Å². The number of halogens is 2. The summed E-state index contributed by atoms with van der Waals surface area (Å²) in [7, 11) is -16.4. The van der Waals surface area contributed by atoms with Crippen LogP contribution in [-0.2, 0) is 50.7 Å². The lowest BCUT2D eigenvalue weighted by molar-refractivity contribution is -0.137. The van der Waals surface area contributed by atoms with Gasteiger partial charge in [0.2, 0.25) is 11.8 Å². The number of fused-ring (bicyclic) bond motifs is 1. The van der Waals surface area contributed by atoms with Gasteiger partial charge in [0.15, 0.2) is 22.8 Å². The maximum absolute atomic E-state index is 12.7. The number of aliphatic hydroxyl groups is 2. The number of nitrogens with one attached hydrogen (secondary N) is 2. The zero-order chi connectivity index (χ0) is 42.8. The van der Waals surface area contributed by atoms with Crippen molar-refractivity contribution in [1.29, 1.82) is 0 Å². The number of carbonyl (C=O) groups excluding carboxylic acids is 3. The van der Waals surface area contributed by atoms with Crippen LogP contribution < -0.4 is 16.4 Å². The van der Waals surface area contributed by atoms with E-state index in [0.29, 0.717) is 15.9 Å². The molecule has 0 aromatic carbocycles. The highest BCUT2D eigenvalue weighted by atomic mass is 35.5. The Hall–Kier alpha value is -1.77. The van der Waals surface area contributed by atoms with Crippen molar-refractivity contribution in [2.45, 2.75) is 57.3 Å². The number of aliphatic hydroxyl groups excluding tert-OH is 2. The van der Waals surface area contributed by atoms with Crippen molar-refractivity contribution in [3.05, 3.63) is 22.6 Å². The second kappa shape index (κ2) is 21.7. The summed E-state index contributed by atoms with van der Waals surface area (Å²) < 4.78 is 62.4. The average molecular weight is 951 g/mol. The molecule has 3 heterocycles. The predicted octanol–water partition coefficient (Wildman–Crippen LogP) is 1.06. The number of imidazole rings is 1. The van der Waals surface area contributed by atoms with E-state index in [2.05, 4.69) is 34.4 Å². The van der Waals surface area contributed by atoms with Gasteiger partial charge in [0.05, 0.1) is 23.9 Å². The summed E-state index contributed by atoms with van der Waals surface area (Å²) in [6.45, 7) is 0.398. The van der Waals surface area contributed by atoms with Crippen molar-refractivity contribution < 1.29 is 80.5 Å². The number of nitrogens with two attached hydrogens (primary N) is 1. The topological polar surface area (TPSA) is 364 Å². The first-order valence-corrected chi connectivity index (χ1v) is 23.4. The van der Waals surface area contributed by atoms with Crippen LogP contribution in [0.2, 0.25) is 0 Å². The first-order valence-electron chi connectivity index (χ1n) is 16.1. The molecule has 0 spiro atoms. The zero-order valence-corrected chi connectivity index (χ0v) is 35.6. The Labute approximate surface area is 342 Å². The minimum Gasteiger partial charge on any atom is -0.386 e. The predicted molar refractivity (Wildman–Crippen MR) is 204 cm³/mol. The van der Waals surface area contributed by atoms with Crippen molar-refractivity contribution in [3.8, 4) is 0 Å². The van der Waals surface area contributed by atoms with Crippen molar-refractivity contribution in [1.82, 2.24) is 30.2 Å². The summed E-state index contributed by atoms with van der Waals surface area (Å²) >= 11 is 13.4. The quantitative estimate of drug-likeness (QED) is 0.0555. The summed E-state index contributed by atoms with van der Waals surface area (Å²) in [5, 5.41) is 26.2. The number of phosphoric ester groups is 3. The molecule has 24 nitrogen and oxygen atoms in total. The Morgan fingerprint density at radius 1 is 1.05 bits per heavy atom. The van der Waals surface area contributed by atoms with Crippen LogP contribution in [0.4, 0.5) is 5.82 Å². The number of hydrogen-bond acceptors (Lipinski definition) is 19. The van der Waals surface area contributed by atoms with Crippen LogP contribution >= 0.6 is 70.2 Å². The molecule has 2 unspecified atom stereocenters. The van der Waals surface area contributed by atoms with Crippen LogP contribution in [0.1, 0.15) is 32.9 Å². The second-order valence-electron chi connectivity index (χ2n) is 12.3. The Balaban J connectivity index is 1.46. The summed E-state index contributed by atoms with van der Waals surface area (Å²) in [4.78, 5) is 87.4. The molecule has 57 heavy (non-hydrogen) atoms. The first-order chi connectivity index (χ1) is 26.4. The van der Waals surface area contributed by atoms with Crippen LogP contribution in [0.25, 0.3) is 11.2 Å². The highest BCUT2D eigenvalue weighted by Gasteiger charge is 2.50. The fraction of sp³-hybridized carbons (Fsp3) is 0.615. The van der Waals surface area contributed by atoms with Gasteiger partial charge in [-0.05, 0) is 0 Å². The van der Waals surface area contributed by atoms with Crippen molar-refractivity contribution in [3.63, 3.8) is 0 Å². The Morgan fingerprint density at radius 2 is 1.74 bits per heavy atom. The van der Waals surface area contributed by atoms with Gasteiger partial charge in [-0.3, -0.25) is 32.5 Å². The molecule has 322 valence electrons. The number of thioether (sulfide) groups is 2. The van der Waals surface area contributed by atoms with Gasteiger partial charge >= 0.3 is 23.5 Å². The molecule has 0 bridgehead atoms. The van der Waals surface area contributed by atoms with Gasteiger partial charge in [-0.2, -0.15) is 4.31 Å². The lowest BCUT2D eigenvalue weighted by Crippen LogP contribution is -2.46. The number of nitrogens with zero attached hydrogens (tertiary/aromatic N) is 4. The maximum Gasteiger partial charge on any atom is 0.481 e. The van der Waals surface area contributed by atoms with Gasteiger partial charge in [-0.1, -0.05) is 48.8 Å². The van der Waals surface area contributed by atoms with Crippen molar-refractivity contribution in [2.24, 2.45) is 5.41 Å². The van der Waals surface area contributed by atoms with Gasteiger partial charge in [-0.15, -0.1) is 11.8 Å². The molecule has 0 aliphatic carbocycles. The molecule has 2 amide bonds. The number of phosphoric acid groups is 3.